The van der Waals surface area contributed by atoms with Crippen LogP contribution in [0.25, 0.3) is 0 Å². The molecule has 0 aliphatic carbocycles. The second-order valence-electron chi connectivity index (χ2n) is 3.33. The van der Waals surface area contributed by atoms with Crippen LogP contribution in [0.3, 0.4) is 0 Å². The van der Waals surface area contributed by atoms with Crippen molar-refractivity contribution in [1.82, 2.24) is 4.98 Å². The summed E-state index contributed by atoms with van der Waals surface area (Å²) in [7, 11) is 1.91. The van der Waals surface area contributed by atoms with Crippen LogP contribution < -0.4 is 16.4 Å². The van der Waals surface area contributed by atoms with Crippen molar-refractivity contribution >= 4 is 11.7 Å². The largest absolute Gasteiger partial charge is 0.366 e. The lowest BCUT2D eigenvalue weighted by molar-refractivity contribution is 0.1000. The molecular weight excluding hydrogens is 192 g/mol. The summed E-state index contributed by atoms with van der Waals surface area (Å²) in [5.74, 6) is 0.297. The van der Waals surface area contributed by atoms with Gasteiger partial charge in [-0.05, 0) is 25.1 Å². The lowest BCUT2D eigenvalue weighted by Gasteiger charge is -2.17. The number of hydrogen-bond donors (Lipinski definition) is 2. The highest BCUT2D eigenvalue weighted by Crippen LogP contribution is 2.10. The van der Waals surface area contributed by atoms with Crippen molar-refractivity contribution in [3.05, 3.63) is 23.9 Å². The third-order valence-electron chi connectivity index (χ3n) is 2.12. The zero-order chi connectivity index (χ0) is 11.3. The van der Waals surface area contributed by atoms with E-state index in [4.69, 9.17) is 11.5 Å². The van der Waals surface area contributed by atoms with Gasteiger partial charge in [-0.15, -0.1) is 0 Å². The zero-order valence-corrected chi connectivity index (χ0v) is 8.81. The highest BCUT2D eigenvalue weighted by Gasteiger charge is 2.05. The van der Waals surface area contributed by atoms with Gasteiger partial charge in [0.2, 0.25) is 5.91 Å². The smallest absolute Gasteiger partial charge is 0.248 e. The van der Waals surface area contributed by atoms with Gasteiger partial charge in [-0.1, -0.05) is 0 Å². The minimum Gasteiger partial charge on any atom is -0.366 e. The maximum atomic E-state index is 10.9. The molecular formula is C10H16N4O. The quantitative estimate of drug-likeness (QED) is 0.711. The summed E-state index contributed by atoms with van der Waals surface area (Å²) in [5.41, 5.74) is 11.1. The highest BCUT2D eigenvalue weighted by molar-refractivity contribution is 5.93. The molecule has 1 amide bonds. The van der Waals surface area contributed by atoms with Crippen LogP contribution in [0.2, 0.25) is 0 Å². The van der Waals surface area contributed by atoms with E-state index in [1.54, 1.807) is 18.3 Å². The van der Waals surface area contributed by atoms with Crippen molar-refractivity contribution in [1.29, 1.82) is 0 Å². The first-order valence-electron chi connectivity index (χ1n) is 4.82. The van der Waals surface area contributed by atoms with E-state index in [0.717, 1.165) is 18.8 Å². The van der Waals surface area contributed by atoms with Crippen molar-refractivity contribution < 1.29 is 4.79 Å². The van der Waals surface area contributed by atoms with Gasteiger partial charge in [0, 0.05) is 25.4 Å². The van der Waals surface area contributed by atoms with Crippen LogP contribution in [0.5, 0.6) is 0 Å². The first kappa shape index (κ1) is 11.5. The number of aromatic nitrogens is 1. The zero-order valence-electron chi connectivity index (χ0n) is 8.81. The van der Waals surface area contributed by atoms with Gasteiger partial charge >= 0.3 is 0 Å². The normalized spacial score (nSPS) is 10.0. The summed E-state index contributed by atoms with van der Waals surface area (Å²) in [5, 5.41) is 0. The Bertz CT molecular complexity index is 340. The van der Waals surface area contributed by atoms with Gasteiger partial charge in [-0.2, -0.15) is 0 Å². The fraction of sp³-hybridized carbons (Fsp3) is 0.400. The fourth-order valence-electron chi connectivity index (χ4n) is 1.22. The SMILES string of the molecule is CN(CCCN)c1cc(C(N)=O)ccn1. The number of primary amides is 1. The summed E-state index contributed by atoms with van der Waals surface area (Å²) in [6.07, 6.45) is 2.47. The third-order valence-corrected chi connectivity index (χ3v) is 2.12. The molecule has 1 aromatic rings. The van der Waals surface area contributed by atoms with E-state index in [0.29, 0.717) is 12.1 Å². The molecule has 5 heteroatoms. The Morgan fingerprint density at radius 1 is 1.60 bits per heavy atom. The summed E-state index contributed by atoms with van der Waals surface area (Å²) >= 11 is 0. The predicted molar refractivity (Wildman–Crippen MR) is 59.7 cm³/mol. The van der Waals surface area contributed by atoms with E-state index in [1.807, 2.05) is 11.9 Å². The topological polar surface area (TPSA) is 85.2 Å². The van der Waals surface area contributed by atoms with Gasteiger partial charge < -0.3 is 16.4 Å². The van der Waals surface area contributed by atoms with Crippen LogP contribution in [0.4, 0.5) is 5.82 Å². The Hall–Kier alpha value is -1.62. The van der Waals surface area contributed by atoms with E-state index in [1.165, 1.54) is 0 Å². The van der Waals surface area contributed by atoms with Crippen LogP contribution >= 0.6 is 0 Å². The van der Waals surface area contributed by atoms with Crippen LogP contribution in [-0.4, -0.2) is 31.0 Å². The number of carbonyl (C=O) groups is 1. The van der Waals surface area contributed by atoms with Crippen LogP contribution in [0.1, 0.15) is 16.8 Å². The minimum atomic E-state index is -0.439. The summed E-state index contributed by atoms with van der Waals surface area (Å²) < 4.78 is 0. The molecule has 1 heterocycles. The maximum absolute atomic E-state index is 10.9. The molecule has 0 fully saturated rings. The van der Waals surface area contributed by atoms with E-state index < -0.39 is 5.91 Å². The molecule has 0 aliphatic heterocycles. The highest BCUT2D eigenvalue weighted by atomic mass is 16.1. The fourth-order valence-corrected chi connectivity index (χ4v) is 1.22. The van der Waals surface area contributed by atoms with E-state index in [-0.39, 0.29) is 0 Å². The van der Waals surface area contributed by atoms with Crippen molar-refractivity contribution in [2.45, 2.75) is 6.42 Å². The molecule has 0 saturated carbocycles. The summed E-state index contributed by atoms with van der Waals surface area (Å²) in [6, 6.07) is 3.28. The predicted octanol–water partition coefficient (Wildman–Crippen LogP) is -0.0345. The molecule has 0 spiro atoms. The Balaban J connectivity index is 2.76. The number of rotatable bonds is 5. The van der Waals surface area contributed by atoms with Crippen molar-refractivity contribution in [3.63, 3.8) is 0 Å². The van der Waals surface area contributed by atoms with Gasteiger partial charge in [-0.25, -0.2) is 4.98 Å². The molecule has 0 radical (unpaired) electrons. The van der Waals surface area contributed by atoms with Crippen molar-refractivity contribution in [2.75, 3.05) is 25.0 Å². The van der Waals surface area contributed by atoms with Gasteiger partial charge in [0.05, 0.1) is 0 Å². The number of pyridine rings is 1. The average Bonchev–Trinajstić information content (AvgIpc) is 2.26. The van der Waals surface area contributed by atoms with Crippen molar-refractivity contribution in [2.24, 2.45) is 11.5 Å². The number of amides is 1. The average molecular weight is 208 g/mol. The summed E-state index contributed by atoms with van der Waals surface area (Å²) in [4.78, 5) is 17.0. The molecule has 1 aromatic heterocycles. The molecule has 5 nitrogen and oxygen atoms in total. The Labute approximate surface area is 89.1 Å². The second kappa shape index (κ2) is 5.31. The van der Waals surface area contributed by atoms with E-state index >= 15 is 0 Å². The lowest BCUT2D eigenvalue weighted by atomic mass is 10.2. The maximum Gasteiger partial charge on any atom is 0.248 e. The van der Waals surface area contributed by atoms with E-state index in [2.05, 4.69) is 4.98 Å². The minimum absolute atomic E-state index is 0.439. The lowest BCUT2D eigenvalue weighted by Crippen LogP contribution is -2.22. The summed E-state index contributed by atoms with van der Waals surface area (Å²) in [6.45, 7) is 1.45. The van der Waals surface area contributed by atoms with Crippen LogP contribution in [0.15, 0.2) is 18.3 Å². The molecule has 0 aliphatic rings. The molecule has 15 heavy (non-hydrogen) atoms. The molecule has 82 valence electrons. The van der Waals surface area contributed by atoms with Gasteiger partial charge in [0.25, 0.3) is 0 Å². The number of anilines is 1. The third kappa shape index (κ3) is 3.21. The molecule has 0 unspecified atom stereocenters. The standard InChI is InChI=1S/C10H16N4O/c1-14(6-2-4-11)9-7-8(10(12)15)3-5-13-9/h3,5,7H,2,4,6,11H2,1H3,(H2,12,15). The number of hydrogen-bond acceptors (Lipinski definition) is 4. The molecule has 1 rings (SSSR count). The molecule has 0 bridgehead atoms. The molecule has 0 aromatic carbocycles. The first-order chi connectivity index (χ1) is 7.15. The second-order valence-corrected chi connectivity index (χ2v) is 3.33. The molecule has 4 N–H and O–H groups in total. The Morgan fingerprint density at radius 2 is 2.33 bits per heavy atom. The first-order valence-corrected chi connectivity index (χ1v) is 4.82. The van der Waals surface area contributed by atoms with Crippen LogP contribution in [0, 0.1) is 0 Å². The molecule has 0 saturated heterocycles. The number of nitrogens with two attached hydrogens (primary N) is 2. The van der Waals surface area contributed by atoms with Crippen LogP contribution in [-0.2, 0) is 0 Å². The molecule has 0 atom stereocenters. The van der Waals surface area contributed by atoms with E-state index in [9.17, 15) is 4.79 Å². The van der Waals surface area contributed by atoms with Gasteiger partial charge in [0.1, 0.15) is 5.82 Å². The monoisotopic (exact) mass is 208 g/mol. The Kier molecular flexibility index (Phi) is 4.05. The van der Waals surface area contributed by atoms with Gasteiger partial charge in [-0.3, -0.25) is 4.79 Å². The van der Waals surface area contributed by atoms with Crippen molar-refractivity contribution in [3.8, 4) is 0 Å². The van der Waals surface area contributed by atoms with Gasteiger partial charge in [0.15, 0.2) is 0 Å². The number of nitrogens with zero attached hydrogens (tertiary/aromatic N) is 2. The Morgan fingerprint density at radius 3 is 2.93 bits per heavy atom. The number of carbonyl (C=O) groups excluding carboxylic acids is 1.